The average Bonchev–Trinajstić information content (AvgIpc) is 3.00. The van der Waals surface area contributed by atoms with Crippen molar-refractivity contribution in [1.29, 1.82) is 0 Å². The molecule has 2 heterocycles. The number of esters is 1. The van der Waals surface area contributed by atoms with Gasteiger partial charge in [0.2, 0.25) is 0 Å². The predicted molar refractivity (Wildman–Crippen MR) is 78.1 cm³/mol. The molecule has 2 aromatic rings. The van der Waals surface area contributed by atoms with Crippen LogP contribution in [0.5, 0.6) is 0 Å². The maximum absolute atomic E-state index is 11.6. The van der Waals surface area contributed by atoms with E-state index in [2.05, 4.69) is 17.2 Å². The molecule has 110 valence electrons. The summed E-state index contributed by atoms with van der Waals surface area (Å²) in [6.07, 6.45) is 7.11. The number of ether oxygens (including phenoxy) is 1. The molecule has 0 aromatic carbocycles. The molecule has 0 bridgehead atoms. The number of carbonyl (C=O) groups is 1. The minimum Gasteiger partial charge on any atom is -0.464 e. The van der Waals surface area contributed by atoms with Crippen LogP contribution in [0.4, 0.5) is 0 Å². The fourth-order valence-electron chi connectivity index (χ4n) is 2.78. The molecule has 0 N–H and O–H groups in total. The van der Waals surface area contributed by atoms with Crippen molar-refractivity contribution in [3.63, 3.8) is 0 Å². The van der Waals surface area contributed by atoms with E-state index in [1.165, 1.54) is 31.2 Å². The van der Waals surface area contributed by atoms with E-state index < -0.39 is 0 Å². The molecule has 0 spiro atoms. The molecule has 0 saturated carbocycles. The van der Waals surface area contributed by atoms with Crippen LogP contribution in [-0.4, -0.2) is 27.8 Å². The SMILES string of the molecule is COC(=O)c1ccnn1CCc1ccc2c(n1)CCCC2. The van der Waals surface area contributed by atoms with Gasteiger partial charge in [-0.1, -0.05) is 6.07 Å². The van der Waals surface area contributed by atoms with Crippen molar-refractivity contribution in [2.45, 2.75) is 38.6 Å². The Bertz CT molecular complexity index is 649. The summed E-state index contributed by atoms with van der Waals surface area (Å²) >= 11 is 0. The highest BCUT2D eigenvalue weighted by atomic mass is 16.5. The first-order valence-corrected chi connectivity index (χ1v) is 7.36. The lowest BCUT2D eigenvalue weighted by molar-refractivity contribution is 0.0586. The number of hydrogen-bond donors (Lipinski definition) is 0. The summed E-state index contributed by atoms with van der Waals surface area (Å²) in [5.74, 6) is -0.356. The third-order valence-corrected chi connectivity index (χ3v) is 3.93. The smallest absolute Gasteiger partial charge is 0.356 e. The van der Waals surface area contributed by atoms with Gasteiger partial charge in [-0.2, -0.15) is 5.10 Å². The second kappa shape index (κ2) is 6.08. The molecule has 0 atom stereocenters. The van der Waals surface area contributed by atoms with Crippen LogP contribution in [0.3, 0.4) is 0 Å². The van der Waals surface area contributed by atoms with Crippen LogP contribution in [-0.2, 0) is 30.5 Å². The predicted octanol–water partition coefficient (Wildman–Crippen LogP) is 2.19. The summed E-state index contributed by atoms with van der Waals surface area (Å²) in [5.41, 5.74) is 4.17. The highest BCUT2D eigenvalue weighted by Gasteiger charge is 2.13. The van der Waals surface area contributed by atoms with Crippen molar-refractivity contribution in [3.8, 4) is 0 Å². The third-order valence-electron chi connectivity index (χ3n) is 3.93. The number of fused-ring (bicyclic) bond motifs is 1. The molecule has 5 heteroatoms. The Hall–Kier alpha value is -2.17. The quantitative estimate of drug-likeness (QED) is 0.808. The Labute approximate surface area is 124 Å². The monoisotopic (exact) mass is 285 g/mol. The van der Waals surface area contributed by atoms with Gasteiger partial charge >= 0.3 is 5.97 Å². The van der Waals surface area contributed by atoms with Gasteiger partial charge in [-0.05, 0) is 43.4 Å². The lowest BCUT2D eigenvalue weighted by Crippen LogP contribution is -2.14. The van der Waals surface area contributed by atoms with E-state index in [-0.39, 0.29) is 5.97 Å². The number of hydrogen-bond acceptors (Lipinski definition) is 4. The zero-order valence-corrected chi connectivity index (χ0v) is 12.2. The number of aryl methyl sites for hydroxylation is 4. The molecule has 3 rings (SSSR count). The molecule has 0 saturated heterocycles. The van der Waals surface area contributed by atoms with Gasteiger partial charge in [-0.25, -0.2) is 4.79 Å². The van der Waals surface area contributed by atoms with Crippen LogP contribution in [0.2, 0.25) is 0 Å². The molecule has 1 aliphatic rings. The summed E-state index contributed by atoms with van der Waals surface area (Å²) in [6, 6.07) is 5.96. The van der Waals surface area contributed by atoms with Crippen LogP contribution in [0, 0.1) is 0 Å². The summed E-state index contributed by atoms with van der Waals surface area (Å²) in [4.78, 5) is 16.3. The number of aromatic nitrogens is 3. The summed E-state index contributed by atoms with van der Waals surface area (Å²) in [5, 5.41) is 4.18. The minimum atomic E-state index is -0.356. The lowest BCUT2D eigenvalue weighted by Gasteiger charge is -2.15. The minimum absolute atomic E-state index is 0.356. The second-order valence-electron chi connectivity index (χ2n) is 5.30. The van der Waals surface area contributed by atoms with E-state index in [1.54, 1.807) is 16.9 Å². The number of pyridine rings is 1. The largest absolute Gasteiger partial charge is 0.464 e. The topological polar surface area (TPSA) is 57.0 Å². The lowest BCUT2D eigenvalue weighted by atomic mass is 9.96. The van der Waals surface area contributed by atoms with E-state index in [9.17, 15) is 4.79 Å². The van der Waals surface area contributed by atoms with Gasteiger partial charge in [0.25, 0.3) is 0 Å². The van der Waals surface area contributed by atoms with Crippen LogP contribution < -0.4 is 0 Å². The maximum atomic E-state index is 11.6. The summed E-state index contributed by atoms with van der Waals surface area (Å²) in [7, 11) is 1.38. The summed E-state index contributed by atoms with van der Waals surface area (Å²) < 4.78 is 6.42. The Kier molecular flexibility index (Phi) is 3.99. The number of carbonyl (C=O) groups excluding carboxylic acids is 1. The van der Waals surface area contributed by atoms with Gasteiger partial charge in [-0.3, -0.25) is 9.67 Å². The highest BCUT2D eigenvalue weighted by molar-refractivity contribution is 5.87. The van der Waals surface area contributed by atoms with Gasteiger partial charge in [0.1, 0.15) is 5.69 Å². The Morgan fingerprint density at radius 2 is 2.14 bits per heavy atom. The third kappa shape index (κ3) is 2.96. The second-order valence-corrected chi connectivity index (χ2v) is 5.30. The van der Waals surface area contributed by atoms with Crippen LogP contribution in [0.25, 0.3) is 0 Å². The molecule has 2 aromatic heterocycles. The van der Waals surface area contributed by atoms with Crippen molar-refractivity contribution in [2.24, 2.45) is 0 Å². The molecule has 0 fully saturated rings. The van der Waals surface area contributed by atoms with Crippen molar-refractivity contribution in [1.82, 2.24) is 14.8 Å². The fourth-order valence-corrected chi connectivity index (χ4v) is 2.78. The van der Waals surface area contributed by atoms with Gasteiger partial charge in [0.15, 0.2) is 0 Å². The van der Waals surface area contributed by atoms with Gasteiger partial charge in [0.05, 0.1) is 7.11 Å². The summed E-state index contributed by atoms with van der Waals surface area (Å²) in [6.45, 7) is 0.628. The standard InChI is InChI=1S/C16H19N3O2/c1-21-16(20)15-8-10-17-19(15)11-9-13-7-6-12-4-2-3-5-14(12)18-13/h6-8,10H,2-5,9,11H2,1H3. The molecule has 21 heavy (non-hydrogen) atoms. The number of rotatable bonds is 4. The Morgan fingerprint density at radius 1 is 1.29 bits per heavy atom. The molecule has 0 unspecified atom stereocenters. The van der Waals surface area contributed by atoms with Gasteiger partial charge < -0.3 is 4.74 Å². The normalized spacial score (nSPS) is 13.8. The van der Waals surface area contributed by atoms with Crippen molar-refractivity contribution < 1.29 is 9.53 Å². The molecule has 1 aliphatic carbocycles. The van der Waals surface area contributed by atoms with Crippen LogP contribution in [0.1, 0.15) is 40.3 Å². The van der Waals surface area contributed by atoms with Gasteiger partial charge in [-0.15, -0.1) is 0 Å². The number of nitrogens with zero attached hydrogens (tertiary/aromatic N) is 3. The molecular weight excluding hydrogens is 266 g/mol. The average molecular weight is 285 g/mol. The molecule has 0 radical (unpaired) electrons. The highest BCUT2D eigenvalue weighted by Crippen LogP contribution is 2.19. The zero-order valence-electron chi connectivity index (χ0n) is 12.2. The zero-order chi connectivity index (χ0) is 14.7. The van der Waals surface area contributed by atoms with Crippen molar-refractivity contribution >= 4 is 5.97 Å². The molecular formula is C16H19N3O2. The van der Waals surface area contributed by atoms with E-state index in [4.69, 9.17) is 9.72 Å². The van der Waals surface area contributed by atoms with Crippen LogP contribution >= 0.6 is 0 Å². The van der Waals surface area contributed by atoms with E-state index in [0.29, 0.717) is 12.2 Å². The molecule has 5 nitrogen and oxygen atoms in total. The first-order valence-electron chi connectivity index (χ1n) is 7.36. The Balaban J connectivity index is 1.71. The molecule has 0 amide bonds. The maximum Gasteiger partial charge on any atom is 0.356 e. The van der Waals surface area contributed by atoms with E-state index >= 15 is 0 Å². The number of methoxy groups -OCH3 is 1. The molecule has 0 aliphatic heterocycles. The van der Waals surface area contributed by atoms with Crippen LogP contribution in [0.15, 0.2) is 24.4 Å². The first-order chi connectivity index (χ1) is 10.3. The first kappa shape index (κ1) is 13.8. The van der Waals surface area contributed by atoms with Crippen molar-refractivity contribution in [2.75, 3.05) is 7.11 Å². The Morgan fingerprint density at radius 3 is 3.00 bits per heavy atom. The fraction of sp³-hybridized carbons (Fsp3) is 0.438. The van der Waals surface area contributed by atoms with Gasteiger partial charge in [0, 0.05) is 30.6 Å². The van der Waals surface area contributed by atoms with Crippen molar-refractivity contribution in [3.05, 3.63) is 47.0 Å². The van der Waals surface area contributed by atoms with E-state index in [1.807, 2.05) is 0 Å². The van der Waals surface area contributed by atoms with E-state index in [0.717, 1.165) is 25.0 Å².